The van der Waals surface area contributed by atoms with Crippen LogP contribution < -0.4 is 9.80 Å². The van der Waals surface area contributed by atoms with Gasteiger partial charge < -0.3 is 14.7 Å². The number of hydrogen-bond acceptors (Lipinski definition) is 5. The smallest absolute Gasteiger partial charge is 0.225 e. The molecule has 5 rings (SSSR count). The Morgan fingerprint density at radius 1 is 0.818 bits per heavy atom. The Kier molecular flexibility index (Phi) is 6.19. The van der Waals surface area contributed by atoms with Crippen molar-refractivity contribution >= 4 is 17.4 Å². The molecule has 0 N–H and O–H groups in total. The molecule has 2 saturated heterocycles. The second kappa shape index (κ2) is 9.57. The summed E-state index contributed by atoms with van der Waals surface area (Å²) in [5.74, 6) is 1.02. The van der Waals surface area contributed by atoms with E-state index >= 15 is 0 Å². The number of benzene rings is 2. The van der Waals surface area contributed by atoms with Crippen molar-refractivity contribution in [2.75, 3.05) is 49.1 Å². The number of piperazine rings is 1. The van der Waals surface area contributed by atoms with E-state index < -0.39 is 0 Å². The third-order valence-electron chi connectivity index (χ3n) is 6.67. The highest BCUT2D eigenvalue weighted by Gasteiger charge is 2.31. The predicted octanol–water partition coefficient (Wildman–Crippen LogP) is 3.85. The van der Waals surface area contributed by atoms with Crippen LogP contribution in [0.4, 0.5) is 15.9 Å². The van der Waals surface area contributed by atoms with Gasteiger partial charge in [-0.1, -0.05) is 30.3 Å². The zero-order valence-corrected chi connectivity index (χ0v) is 18.6. The molecule has 1 amide bonds. The van der Waals surface area contributed by atoms with Gasteiger partial charge in [-0.25, -0.2) is 14.4 Å². The second-order valence-electron chi connectivity index (χ2n) is 8.68. The molecular formula is C26H28FN5O. The third-order valence-corrected chi connectivity index (χ3v) is 6.67. The van der Waals surface area contributed by atoms with Crippen LogP contribution in [0, 0.1) is 11.7 Å². The van der Waals surface area contributed by atoms with Gasteiger partial charge in [0.15, 0.2) is 0 Å². The summed E-state index contributed by atoms with van der Waals surface area (Å²) in [4.78, 5) is 28.5. The van der Waals surface area contributed by atoms with E-state index in [1.54, 1.807) is 18.5 Å². The van der Waals surface area contributed by atoms with Gasteiger partial charge in [-0.2, -0.15) is 0 Å². The van der Waals surface area contributed by atoms with Crippen molar-refractivity contribution in [3.63, 3.8) is 0 Å². The van der Waals surface area contributed by atoms with Crippen LogP contribution in [0.3, 0.4) is 0 Å². The van der Waals surface area contributed by atoms with Gasteiger partial charge in [0.1, 0.15) is 18.0 Å². The van der Waals surface area contributed by atoms with Crippen LogP contribution in [0.1, 0.15) is 12.8 Å². The molecule has 3 aromatic rings. The second-order valence-corrected chi connectivity index (χ2v) is 8.68. The number of rotatable bonds is 4. The minimum Gasteiger partial charge on any atom is -0.368 e. The zero-order chi connectivity index (χ0) is 22.6. The highest BCUT2D eigenvalue weighted by Crippen LogP contribution is 2.27. The average molecular weight is 446 g/mol. The molecule has 7 heteroatoms. The van der Waals surface area contributed by atoms with Gasteiger partial charge in [0.2, 0.25) is 5.91 Å². The van der Waals surface area contributed by atoms with Crippen molar-refractivity contribution in [2.45, 2.75) is 12.8 Å². The van der Waals surface area contributed by atoms with Gasteiger partial charge in [0.25, 0.3) is 0 Å². The molecule has 6 nitrogen and oxygen atoms in total. The molecule has 2 aromatic carbocycles. The number of nitrogens with zero attached hydrogens (tertiary/aromatic N) is 5. The van der Waals surface area contributed by atoms with Crippen molar-refractivity contribution in [1.29, 1.82) is 0 Å². The summed E-state index contributed by atoms with van der Waals surface area (Å²) in [6.45, 7) is 4.61. The Hall–Kier alpha value is -3.48. The first-order valence-corrected chi connectivity index (χ1v) is 11.6. The van der Waals surface area contributed by atoms with Crippen LogP contribution >= 0.6 is 0 Å². The number of halogens is 1. The summed E-state index contributed by atoms with van der Waals surface area (Å²) in [6.07, 6.45) is 3.29. The van der Waals surface area contributed by atoms with E-state index in [2.05, 4.69) is 19.8 Å². The van der Waals surface area contributed by atoms with Crippen LogP contribution in [0.25, 0.3) is 11.3 Å². The van der Waals surface area contributed by atoms with Crippen molar-refractivity contribution in [3.05, 3.63) is 72.8 Å². The summed E-state index contributed by atoms with van der Waals surface area (Å²) in [5.41, 5.74) is 3.00. The van der Waals surface area contributed by atoms with E-state index in [1.807, 2.05) is 41.3 Å². The van der Waals surface area contributed by atoms with E-state index in [-0.39, 0.29) is 17.6 Å². The lowest BCUT2D eigenvalue weighted by Gasteiger charge is -2.39. The first-order valence-electron chi connectivity index (χ1n) is 11.6. The molecule has 0 unspecified atom stereocenters. The Labute approximate surface area is 193 Å². The monoisotopic (exact) mass is 445 g/mol. The molecule has 2 aliphatic rings. The number of carbonyl (C=O) groups is 1. The summed E-state index contributed by atoms with van der Waals surface area (Å²) in [5, 5.41) is 0. The standard InChI is InChI=1S/C26H28FN5O/c27-22-6-8-23(9-7-22)30-14-16-32(17-15-30)26(33)21-10-12-31(13-11-21)25-18-24(28-19-29-25)20-4-2-1-3-5-20/h1-9,18-19,21H,10-17H2. The molecule has 0 aliphatic carbocycles. The summed E-state index contributed by atoms with van der Waals surface area (Å²) in [7, 11) is 0. The molecular weight excluding hydrogens is 417 g/mol. The van der Waals surface area contributed by atoms with Gasteiger partial charge in [-0.15, -0.1) is 0 Å². The first kappa shape index (κ1) is 21.4. The lowest BCUT2D eigenvalue weighted by atomic mass is 9.95. The number of piperidine rings is 1. The van der Waals surface area contributed by atoms with Gasteiger partial charge in [0, 0.05) is 62.5 Å². The molecule has 170 valence electrons. The molecule has 0 spiro atoms. The van der Waals surface area contributed by atoms with Crippen molar-refractivity contribution in [3.8, 4) is 11.3 Å². The number of amides is 1. The van der Waals surface area contributed by atoms with E-state index in [0.717, 1.165) is 61.8 Å². The molecule has 0 radical (unpaired) electrons. The fraction of sp³-hybridized carbons (Fsp3) is 0.346. The van der Waals surface area contributed by atoms with E-state index in [9.17, 15) is 9.18 Å². The number of carbonyl (C=O) groups excluding carboxylic acids is 1. The number of hydrogen-bond donors (Lipinski definition) is 0. The molecule has 0 bridgehead atoms. The SMILES string of the molecule is O=C(C1CCN(c2cc(-c3ccccc3)ncn2)CC1)N1CCN(c2ccc(F)cc2)CC1. The van der Waals surface area contributed by atoms with Crippen LogP contribution in [0.2, 0.25) is 0 Å². The average Bonchev–Trinajstić information content (AvgIpc) is 2.89. The topological polar surface area (TPSA) is 52.6 Å². The number of anilines is 2. The predicted molar refractivity (Wildman–Crippen MR) is 128 cm³/mol. The van der Waals surface area contributed by atoms with Crippen LogP contribution in [0.15, 0.2) is 67.0 Å². The normalized spacial score (nSPS) is 17.3. The van der Waals surface area contributed by atoms with Crippen LogP contribution in [0.5, 0.6) is 0 Å². The van der Waals surface area contributed by atoms with E-state index in [1.165, 1.54) is 12.1 Å². The fourth-order valence-corrected chi connectivity index (χ4v) is 4.74. The van der Waals surface area contributed by atoms with E-state index in [4.69, 9.17) is 0 Å². The minimum atomic E-state index is -0.225. The van der Waals surface area contributed by atoms with Crippen molar-refractivity contribution in [2.24, 2.45) is 5.92 Å². The number of aromatic nitrogens is 2. The van der Waals surface area contributed by atoms with Crippen LogP contribution in [-0.4, -0.2) is 60.0 Å². The quantitative estimate of drug-likeness (QED) is 0.611. The Morgan fingerprint density at radius 2 is 1.52 bits per heavy atom. The van der Waals surface area contributed by atoms with Gasteiger partial charge in [0.05, 0.1) is 5.69 Å². The van der Waals surface area contributed by atoms with Gasteiger partial charge in [-0.3, -0.25) is 4.79 Å². The first-order chi connectivity index (χ1) is 16.2. The van der Waals surface area contributed by atoms with Gasteiger partial charge >= 0.3 is 0 Å². The Bertz CT molecular complexity index is 1080. The molecule has 0 atom stereocenters. The van der Waals surface area contributed by atoms with E-state index in [0.29, 0.717) is 13.1 Å². The lowest BCUT2D eigenvalue weighted by molar-refractivity contribution is -0.136. The molecule has 33 heavy (non-hydrogen) atoms. The minimum absolute atomic E-state index is 0.0639. The summed E-state index contributed by atoms with van der Waals surface area (Å²) < 4.78 is 13.2. The van der Waals surface area contributed by atoms with Gasteiger partial charge in [-0.05, 0) is 37.1 Å². The highest BCUT2D eigenvalue weighted by molar-refractivity contribution is 5.79. The van der Waals surface area contributed by atoms with Crippen LogP contribution in [-0.2, 0) is 4.79 Å². The zero-order valence-electron chi connectivity index (χ0n) is 18.6. The molecule has 2 aliphatic heterocycles. The highest BCUT2D eigenvalue weighted by atomic mass is 19.1. The maximum atomic E-state index is 13.2. The summed E-state index contributed by atoms with van der Waals surface area (Å²) >= 11 is 0. The molecule has 0 saturated carbocycles. The Balaban J connectivity index is 1.15. The lowest BCUT2D eigenvalue weighted by Crippen LogP contribution is -2.51. The summed E-state index contributed by atoms with van der Waals surface area (Å²) in [6, 6.07) is 18.7. The Morgan fingerprint density at radius 3 is 2.21 bits per heavy atom. The molecule has 3 heterocycles. The maximum absolute atomic E-state index is 13.2. The molecule has 1 aromatic heterocycles. The third kappa shape index (κ3) is 4.82. The van der Waals surface area contributed by atoms with Crippen molar-refractivity contribution < 1.29 is 9.18 Å². The maximum Gasteiger partial charge on any atom is 0.225 e. The van der Waals surface area contributed by atoms with Crippen molar-refractivity contribution in [1.82, 2.24) is 14.9 Å². The largest absolute Gasteiger partial charge is 0.368 e. The molecule has 2 fully saturated rings. The fourth-order valence-electron chi connectivity index (χ4n) is 4.74.